The Bertz CT molecular complexity index is 545. The first kappa shape index (κ1) is 15.5. The molecule has 1 aromatic rings. The van der Waals surface area contributed by atoms with Crippen molar-refractivity contribution in [3.05, 3.63) is 30.3 Å². The average molecular weight is 298 g/mol. The summed E-state index contributed by atoms with van der Waals surface area (Å²) in [6, 6.07) is 8.46. The Kier molecular flexibility index (Phi) is 4.23. The lowest BCUT2D eigenvalue weighted by Gasteiger charge is -2.31. The summed E-state index contributed by atoms with van der Waals surface area (Å²) in [4.78, 5) is 0.321. The minimum Gasteiger partial charge on any atom is -0.394 e. The molecule has 20 heavy (non-hydrogen) atoms. The normalized spacial score (nSPS) is 27.7. The maximum atomic E-state index is 12.8. The van der Waals surface area contributed by atoms with Crippen molar-refractivity contribution in [3.63, 3.8) is 0 Å². The zero-order chi connectivity index (χ0) is 15.0. The molecule has 5 heteroatoms. The van der Waals surface area contributed by atoms with Crippen molar-refractivity contribution < 1.29 is 18.3 Å². The third-order valence-corrected chi connectivity index (χ3v) is 5.87. The van der Waals surface area contributed by atoms with Crippen molar-refractivity contribution in [1.29, 1.82) is 0 Å². The summed E-state index contributed by atoms with van der Waals surface area (Å²) in [5, 5.41) is 8.67. The molecule has 1 N–H and O–H groups in total. The molecule has 1 fully saturated rings. The zero-order valence-electron chi connectivity index (χ0n) is 12.1. The molecular formula is C15H22O4S. The summed E-state index contributed by atoms with van der Waals surface area (Å²) in [6.07, 6.45) is -0.470. The van der Waals surface area contributed by atoms with E-state index in [1.54, 1.807) is 30.3 Å². The van der Waals surface area contributed by atoms with Crippen molar-refractivity contribution >= 4 is 9.84 Å². The van der Waals surface area contributed by atoms with Gasteiger partial charge in [0.2, 0.25) is 0 Å². The Labute approximate surface area is 120 Å². The second kappa shape index (κ2) is 5.47. The van der Waals surface area contributed by atoms with Crippen LogP contribution in [0.5, 0.6) is 0 Å². The second-order valence-corrected chi connectivity index (χ2v) is 8.53. The van der Waals surface area contributed by atoms with Gasteiger partial charge in [-0.15, -0.1) is 0 Å². The fourth-order valence-electron chi connectivity index (χ4n) is 2.69. The van der Waals surface area contributed by atoms with Crippen LogP contribution in [-0.2, 0) is 14.6 Å². The zero-order valence-corrected chi connectivity index (χ0v) is 12.9. The van der Waals surface area contributed by atoms with Crippen LogP contribution in [0.1, 0.15) is 27.2 Å². The van der Waals surface area contributed by atoms with Gasteiger partial charge in [0.15, 0.2) is 9.84 Å². The van der Waals surface area contributed by atoms with E-state index in [4.69, 9.17) is 4.74 Å². The van der Waals surface area contributed by atoms with Crippen LogP contribution in [0.3, 0.4) is 0 Å². The number of aliphatic hydroxyl groups is 1. The average Bonchev–Trinajstić information content (AvgIpc) is 2.84. The Hall–Kier alpha value is -0.910. The summed E-state index contributed by atoms with van der Waals surface area (Å²) in [7, 11) is -3.45. The molecule has 2 rings (SSSR count). The highest BCUT2D eigenvalue weighted by atomic mass is 32.2. The van der Waals surface area contributed by atoms with Gasteiger partial charge in [-0.3, -0.25) is 0 Å². The number of hydrogen-bond donors (Lipinski definition) is 1. The van der Waals surface area contributed by atoms with Crippen molar-refractivity contribution in [3.8, 4) is 0 Å². The molecule has 1 aromatic carbocycles. The van der Waals surface area contributed by atoms with Crippen LogP contribution in [0.25, 0.3) is 0 Å². The Morgan fingerprint density at radius 1 is 1.25 bits per heavy atom. The van der Waals surface area contributed by atoms with E-state index < -0.39 is 27.3 Å². The summed E-state index contributed by atoms with van der Waals surface area (Å²) in [5.74, 6) is 0. The topological polar surface area (TPSA) is 63.6 Å². The third kappa shape index (κ3) is 2.90. The van der Waals surface area contributed by atoms with Crippen LogP contribution in [-0.4, -0.2) is 37.6 Å². The minimum atomic E-state index is -3.45. The van der Waals surface area contributed by atoms with E-state index >= 15 is 0 Å². The van der Waals surface area contributed by atoms with Gasteiger partial charge in [0.1, 0.15) is 0 Å². The van der Waals surface area contributed by atoms with E-state index in [1.807, 2.05) is 20.8 Å². The van der Waals surface area contributed by atoms with Gasteiger partial charge in [-0.25, -0.2) is 8.42 Å². The van der Waals surface area contributed by atoms with Crippen molar-refractivity contribution in [1.82, 2.24) is 0 Å². The first-order valence-electron chi connectivity index (χ1n) is 6.82. The van der Waals surface area contributed by atoms with Crippen molar-refractivity contribution in [2.45, 2.75) is 49.5 Å². The lowest BCUT2D eigenvalue weighted by Crippen LogP contribution is -2.39. The molecule has 0 saturated carbocycles. The summed E-state index contributed by atoms with van der Waals surface area (Å²) >= 11 is 0. The minimum absolute atomic E-state index is 0.145. The molecule has 0 spiro atoms. The molecule has 3 atom stereocenters. The molecule has 4 nitrogen and oxygen atoms in total. The van der Waals surface area contributed by atoms with Gasteiger partial charge in [-0.2, -0.15) is 0 Å². The van der Waals surface area contributed by atoms with Crippen LogP contribution in [0.2, 0.25) is 0 Å². The maximum absolute atomic E-state index is 12.8. The van der Waals surface area contributed by atoms with E-state index in [1.165, 1.54) is 0 Å². The number of rotatable bonds is 3. The van der Waals surface area contributed by atoms with Gasteiger partial charge in [0, 0.05) is 0 Å². The Morgan fingerprint density at radius 2 is 1.85 bits per heavy atom. The van der Waals surface area contributed by atoms with Gasteiger partial charge in [0.05, 0.1) is 29.0 Å². The first-order chi connectivity index (χ1) is 9.26. The quantitative estimate of drug-likeness (QED) is 0.927. The molecular weight excluding hydrogens is 276 g/mol. The van der Waals surface area contributed by atoms with Gasteiger partial charge in [0.25, 0.3) is 0 Å². The highest BCUT2D eigenvalue weighted by molar-refractivity contribution is 7.92. The molecule has 112 valence electrons. The number of ether oxygens (including phenoxy) is 1. The third-order valence-electron chi connectivity index (χ3n) is 3.70. The van der Waals surface area contributed by atoms with Crippen LogP contribution in [0, 0.1) is 5.41 Å². The van der Waals surface area contributed by atoms with Gasteiger partial charge in [-0.1, -0.05) is 39.0 Å². The molecule has 1 saturated heterocycles. The van der Waals surface area contributed by atoms with Crippen molar-refractivity contribution in [2.75, 3.05) is 6.61 Å². The molecule has 0 unspecified atom stereocenters. The van der Waals surface area contributed by atoms with E-state index in [-0.39, 0.29) is 12.0 Å². The lowest BCUT2D eigenvalue weighted by molar-refractivity contribution is -0.0344. The second-order valence-electron chi connectivity index (χ2n) is 6.36. The molecule has 0 aliphatic carbocycles. The standard InChI is InChI=1S/C15H22O4S/c1-15(2,3)14-13(9-11(10-16)19-14)20(17,18)12-7-5-4-6-8-12/h4-8,11,13-14,16H,9-10H2,1-3H3/t11-,13-,14-/m0/s1. The molecule has 0 aromatic heterocycles. The van der Waals surface area contributed by atoms with Crippen LogP contribution in [0.15, 0.2) is 35.2 Å². The highest BCUT2D eigenvalue weighted by Gasteiger charge is 2.48. The number of aliphatic hydroxyl groups excluding tert-OH is 1. The number of benzene rings is 1. The molecule has 1 aliphatic rings. The SMILES string of the molecule is CC(C)(C)[C@H]1O[C@H](CO)C[C@@H]1S(=O)(=O)c1ccccc1. The predicted molar refractivity (Wildman–Crippen MR) is 77.2 cm³/mol. The smallest absolute Gasteiger partial charge is 0.183 e. The fraction of sp³-hybridized carbons (Fsp3) is 0.600. The summed E-state index contributed by atoms with van der Waals surface area (Å²) in [5.41, 5.74) is -0.295. The molecule has 0 radical (unpaired) electrons. The Balaban J connectivity index is 2.39. The number of hydrogen-bond acceptors (Lipinski definition) is 4. The lowest BCUT2D eigenvalue weighted by atomic mass is 9.87. The number of sulfone groups is 1. The van der Waals surface area contributed by atoms with Crippen molar-refractivity contribution in [2.24, 2.45) is 5.41 Å². The molecule has 1 aliphatic heterocycles. The summed E-state index contributed by atoms with van der Waals surface area (Å²) < 4.78 is 31.3. The van der Waals surface area contributed by atoms with Crippen LogP contribution in [0.4, 0.5) is 0 Å². The van der Waals surface area contributed by atoms with Gasteiger partial charge in [-0.05, 0) is 24.0 Å². The molecule has 0 amide bonds. The van der Waals surface area contributed by atoms with E-state index in [9.17, 15) is 13.5 Å². The first-order valence-corrected chi connectivity index (χ1v) is 8.36. The van der Waals surface area contributed by atoms with E-state index in [2.05, 4.69) is 0 Å². The fourth-order valence-corrected chi connectivity index (χ4v) is 4.84. The molecule has 0 bridgehead atoms. The van der Waals surface area contributed by atoms with Crippen LogP contribution < -0.4 is 0 Å². The van der Waals surface area contributed by atoms with Gasteiger partial charge >= 0.3 is 0 Å². The highest BCUT2D eigenvalue weighted by Crippen LogP contribution is 2.39. The van der Waals surface area contributed by atoms with Gasteiger partial charge < -0.3 is 9.84 Å². The monoisotopic (exact) mass is 298 g/mol. The maximum Gasteiger partial charge on any atom is 0.183 e. The summed E-state index contributed by atoms with van der Waals surface area (Å²) in [6.45, 7) is 5.74. The molecule has 1 heterocycles. The Morgan fingerprint density at radius 3 is 2.35 bits per heavy atom. The van der Waals surface area contributed by atoms with E-state index in [0.29, 0.717) is 11.3 Å². The largest absolute Gasteiger partial charge is 0.394 e. The van der Waals surface area contributed by atoms with E-state index in [0.717, 1.165) is 0 Å². The predicted octanol–water partition coefficient (Wildman–Crippen LogP) is 2.02. The van der Waals surface area contributed by atoms with Crippen LogP contribution >= 0.6 is 0 Å².